The Morgan fingerprint density at radius 2 is 0.873 bits per heavy atom. The third-order valence-electron chi connectivity index (χ3n) is 18.1. The van der Waals surface area contributed by atoms with Gasteiger partial charge in [0.15, 0.2) is 0 Å². The number of hydrogen-bond acceptors (Lipinski definition) is 1. The van der Waals surface area contributed by atoms with Gasteiger partial charge >= 0.3 is 0 Å². The van der Waals surface area contributed by atoms with Crippen LogP contribution in [0.3, 0.4) is 0 Å². The lowest BCUT2D eigenvalue weighted by atomic mass is 9.33. The molecule has 0 saturated carbocycles. The number of hydrogen-bond donors (Lipinski definition) is 0. The van der Waals surface area contributed by atoms with Crippen molar-refractivity contribution < 1.29 is 0 Å². The van der Waals surface area contributed by atoms with Crippen LogP contribution in [0.5, 0.6) is 0 Å². The topological polar surface area (TPSA) is 18.0 Å². The molecule has 0 atom stereocenters. The van der Waals surface area contributed by atoms with Gasteiger partial charge in [0.05, 0.1) is 11.0 Å². The van der Waals surface area contributed by atoms with E-state index in [0.717, 1.165) is 5.69 Å². The van der Waals surface area contributed by atoms with Gasteiger partial charge in [0.1, 0.15) is 0 Å². The molecule has 5 heteroatoms. The van der Waals surface area contributed by atoms with Crippen LogP contribution in [0.25, 0.3) is 115 Å². The fourth-order valence-electron chi connectivity index (χ4n) is 14.4. The number of aryl methyl sites for hydroxylation is 2. The Labute approximate surface area is 461 Å². The van der Waals surface area contributed by atoms with Gasteiger partial charge in [-0.25, -0.2) is 0 Å². The minimum atomic E-state index is -0.0822. The van der Waals surface area contributed by atoms with Gasteiger partial charge in [0.2, 0.25) is 0 Å². The van der Waals surface area contributed by atoms with Crippen LogP contribution in [0.2, 0.25) is 0 Å². The summed E-state index contributed by atoms with van der Waals surface area (Å²) in [5.74, 6) is 0. The molecule has 2 aliphatic heterocycles. The van der Waals surface area contributed by atoms with E-state index in [2.05, 4.69) is 287 Å². The number of nitrogens with zero attached hydrogens (tertiary/aromatic N) is 4. The van der Waals surface area contributed by atoms with E-state index in [9.17, 15) is 0 Å². The van der Waals surface area contributed by atoms with E-state index in [-0.39, 0.29) is 17.5 Å². The number of fused-ring (bicyclic) bond motifs is 16. The zero-order valence-electron chi connectivity index (χ0n) is 46.1. The zero-order valence-corrected chi connectivity index (χ0v) is 46.1. The van der Waals surface area contributed by atoms with Crippen LogP contribution in [0.4, 0.5) is 17.1 Å². The van der Waals surface area contributed by atoms with Crippen molar-refractivity contribution >= 4 is 116 Å². The molecule has 14 aromatic rings. The van der Waals surface area contributed by atoms with Crippen molar-refractivity contribution in [2.24, 2.45) is 14.1 Å². The predicted octanol–water partition coefficient (Wildman–Crippen LogP) is 17.4. The number of anilines is 3. The first-order valence-electron chi connectivity index (χ1n) is 28.1. The highest BCUT2D eigenvalue weighted by molar-refractivity contribution is 7.00. The van der Waals surface area contributed by atoms with E-state index in [0.29, 0.717) is 0 Å². The van der Waals surface area contributed by atoms with Gasteiger partial charge in [-0.3, -0.25) is 0 Å². The van der Waals surface area contributed by atoms with Crippen LogP contribution < -0.4 is 21.3 Å². The summed E-state index contributed by atoms with van der Waals surface area (Å²) >= 11 is 0. The predicted molar refractivity (Wildman–Crippen MR) is 339 cm³/mol. The minimum Gasteiger partial charge on any atom is -0.350 e. The van der Waals surface area contributed by atoms with Crippen LogP contribution in [0, 0.1) is 0 Å². The van der Waals surface area contributed by atoms with Crippen LogP contribution in [-0.4, -0.2) is 20.4 Å². The first-order valence-corrected chi connectivity index (χ1v) is 28.1. The molecule has 0 bridgehead atoms. The molecule has 3 aromatic heterocycles. The Kier molecular flexibility index (Phi) is 9.48. The van der Waals surface area contributed by atoms with Crippen molar-refractivity contribution in [1.82, 2.24) is 13.7 Å². The summed E-state index contributed by atoms with van der Waals surface area (Å²) in [4.78, 5) is 2.61. The van der Waals surface area contributed by atoms with Crippen molar-refractivity contribution in [3.05, 3.63) is 224 Å². The monoisotopic (exact) mass is 1010 g/mol. The molecule has 5 heterocycles. The maximum atomic E-state index is 2.68. The van der Waals surface area contributed by atoms with Crippen LogP contribution >= 0.6 is 0 Å². The second-order valence-electron chi connectivity index (χ2n) is 24.6. The Hall–Kier alpha value is -9.06. The summed E-state index contributed by atoms with van der Waals surface area (Å²) < 4.78 is 7.27. The number of para-hydroxylation sites is 3. The SMILES string of the molecule is Cn1cc(-c2cccc(-c3cn(C)c4ccccc34)c2-c2cc3c4c(c2)-n2c5ccccc5c5c6c7ccccc7c7ccccc7c6cc(c52)B4c2cc(C(C)(C)C)ccc2N3c2ccc(C(C)(C)C)cc2)c2ccccc21. The summed E-state index contributed by atoms with van der Waals surface area (Å²) in [5.41, 5.74) is 23.6. The van der Waals surface area contributed by atoms with Gasteiger partial charge < -0.3 is 18.6 Å². The highest BCUT2D eigenvalue weighted by atomic mass is 15.2. The number of aromatic nitrogens is 3. The van der Waals surface area contributed by atoms with Gasteiger partial charge in [-0.2, -0.15) is 0 Å². The fourth-order valence-corrected chi connectivity index (χ4v) is 14.4. The smallest absolute Gasteiger partial charge is 0.252 e. The second kappa shape index (κ2) is 16.3. The molecule has 0 fully saturated rings. The van der Waals surface area contributed by atoms with Gasteiger partial charge in [-0.05, 0) is 136 Å². The molecule has 0 radical (unpaired) electrons. The summed E-state index contributed by atoms with van der Waals surface area (Å²) in [5, 5.41) is 12.9. The highest BCUT2D eigenvalue weighted by Crippen LogP contribution is 2.51. The van der Waals surface area contributed by atoms with E-state index in [1.54, 1.807) is 0 Å². The molecular weight excluding hydrogens is 956 g/mol. The third kappa shape index (κ3) is 6.45. The minimum absolute atomic E-state index is 0.00368. The third-order valence-corrected chi connectivity index (χ3v) is 18.1. The molecule has 0 spiro atoms. The molecule has 16 rings (SSSR count). The Morgan fingerprint density at radius 1 is 0.367 bits per heavy atom. The van der Waals surface area contributed by atoms with Crippen molar-refractivity contribution in [1.29, 1.82) is 0 Å². The normalized spacial score (nSPS) is 13.3. The summed E-state index contributed by atoms with van der Waals surface area (Å²) in [6.07, 6.45) is 4.69. The maximum Gasteiger partial charge on any atom is 0.252 e. The van der Waals surface area contributed by atoms with Gasteiger partial charge in [-0.1, -0.05) is 193 Å². The first kappa shape index (κ1) is 46.1. The first-order chi connectivity index (χ1) is 38.3. The molecule has 2 aliphatic rings. The van der Waals surface area contributed by atoms with Gasteiger partial charge in [0.25, 0.3) is 6.71 Å². The number of benzene rings is 11. The lowest BCUT2D eigenvalue weighted by Crippen LogP contribution is -2.60. The Bertz CT molecular complexity index is 4850. The highest BCUT2D eigenvalue weighted by Gasteiger charge is 2.44. The number of rotatable bonds is 4. The Morgan fingerprint density at radius 3 is 1.48 bits per heavy atom. The van der Waals surface area contributed by atoms with Gasteiger partial charge in [0, 0.05) is 98.3 Å². The van der Waals surface area contributed by atoms with Crippen LogP contribution in [-0.2, 0) is 24.9 Å². The lowest BCUT2D eigenvalue weighted by Gasteiger charge is -2.41. The molecular formula is C74H59BN4. The molecule has 0 aliphatic carbocycles. The fraction of sp³-hybridized carbons (Fsp3) is 0.135. The molecule has 79 heavy (non-hydrogen) atoms. The molecule has 378 valence electrons. The molecule has 0 saturated heterocycles. The van der Waals surface area contributed by atoms with Crippen molar-refractivity contribution in [3.63, 3.8) is 0 Å². The van der Waals surface area contributed by atoms with E-state index < -0.39 is 0 Å². The second-order valence-corrected chi connectivity index (χ2v) is 24.6. The van der Waals surface area contributed by atoms with E-state index >= 15 is 0 Å². The maximum absolute atomic E-state index is 2.68. The van der Waals surface area contributed by atoms with Crippen molar-refractivity contribution in [2.75, 3.05) is 4.90 Å². The summed E-state index contributed by atoms with van der Waals surface area (Å²) in [6, 6.07) is 76.9. The molecule has 4 nitrogen and oxygen atoms in total. The lowest BCUT2D eigenvalue weighted by molar-refractivity contribution is 0.590. The quantitative estimate of drug-likeness (QED) is 0.127. The molecule has 0 unspecified atom stereocenters. The van der Waals surface area contributed by atoms with Gasteiger partial charge in [-0.15, -0.1) is 0 Å². The zero-order chi connectivity index (χ0) is 53.4. The average Bonchev–Trinajstić information content (AvgIpc) is 3.18. The molecule has 0 N–H and O–H groups in total. The molecule has 0 amide bonds. The van der Waals surface area contributed by atoms with E-state index in [1.807, 2.05) is 0 Å². The van der Waals surface area contributed by atoms with E-state index in [1.165, 1.54) is 154 Å². The molecule has 11 aromatic carbocycles. The summed E-state index contributed by atoms with van der Waals surface area (Å²) in [6.45, 7) is 13.9. The van der Waals surface area contributed by atoms with Crippen LogP contribution in [0.1, 0.15) is 52.7 Å². The standard InChI is InChI=1S/C74H59BN4/c1-73(2,3)45-32-35-47(36-33-45)78-65-37-34-46(74(4,5)6)40-60(65)75-61-41-57-50-22-10-9-20-48(50)49-21-11-12-25-53(49)69(57)70-56-26-15-18-31-64(56)79(72(61)70)67-39-44(38-66(78)71(67)75)68-54(58-42-76(7)62-29-16-13-23-51(58)62)27-19-28-55(68)59-43-77(8)63-30-17-14-24-52(59)63/h9-43H,1-8H3. The van der Waals surface area contributed by atoms with Crippen molar-refractivity contribution in [2.45, 2.75) is 52.4 Å². The Balaban J connectivity index is 1.12. The van der Waals surface area contributed by atoms with Crippen molar-refractivity contribution in [3.8, 4) is 39.1 Å². The largest absolute Gasteiger partial charge is 0.350 e. The average molecular weight is 1020 g/mol. The summed E-state index contributed by atoms with van der Waals surface area (Å²) in [7, 11) is 4.37. The van der Waals surface area contributed by atoms with E-state index in [4.69, 9.17) is 0 Å². The van der Waals surface area contributed by atoms with Crippen LogP contribution in [0.15, 0.2) is 213 Å².